The van der Waals surface area contributed by atoms with Gasteiger partial charge < -0.3 is 4.90 Å². The Labute approximate surface area is 173 Å². The Morgan fingerprint density at radius 1 is 1.07 bits per heavy atom. The van der Waals surface area contributed by atoms with Gasteiger partial charge in [-0.15, -0.1) is 0 Å². The summed E-state index contributed by atoms with van der Waals surface area (Å²) in [6.45, 7) is 2.72. The van der Waals surface area contributed by atoms with Crippen molar-refractivity contribution in [3.63, 3.8) is 0 Å². The minimum Gasteiger partial charge on any atom is -0.365 e. The second kappa shape index (κ2) is 6.62. The lowest BCUT2D eigenvalue weighted by molar-refractivity contribution is -0.144. The van der Waals surface area contributed by atoms with Crippen LogP contribution >= 0.6 is 11.8 Å². The first-order valence-electron chi connectivity index (χ1n) is 9.71. The van der Waals surface area contributed by atoms with E-state index in [0.29, 0.717) is 17.9 Å². The van der Waals surface area contributed by atoms with Crippen LogP contribution in [0.25, 0.3) is 0 Å². The fourth-order valence-corrected chi connectivity index (χ4v) is 5.87. The molecule has 2 saturated heterocycles. The Bertz CT molecular complexity index is 1020. The molecule has 2 unspecified atom stereocenters. The van der Waals surface area contributed by atoms with Crippen molar-refractivity contribution in [2.24, 2.45) is 5.41 Å². The highest BCUT2D eigenvalue weighted by atomic mass is 32.2. The number of hydrogen-bond acceptors (Lipinski definition) is 5. The molecule has 0 aromatic heterocycles. The number of nitrogens with one attached hydrogen (secondary N) is 1. The van der Waals surface area contributed by atoms with Crippen LogP contribution in [0.15, 0.2) is 48.5 Å². The maximum Gasteiger partial charge on any atom is 0.335 e. The molecule has 2 aromatic carbocycles. The molecule has 29 heavy (non-hydrogen) atoms. The van der Waals surface area contributed by atoms with E-state index in [2.05, 4.69) is 16.3 Å². The van der Waals surface area contributed by atoms with Crippen molar-refractivity contribution >= 4 is 41.0 Å². The molecular weight excluding hydrogens is 386 g/mol. The van der Waals surface area contributed by atoms with E-state index in [9.17, 15) is 14.4 Å². The van der Waals surface area contributed by atoms with Crippen molar-refractivity contribution in [3.8, 4) is 0 Å². The molecule has 0 aliphatic carbocycles. The van der Waals surface area contributed by atoms with Gasteiger partial charge in [-0.3, -0.25) is 14.9 Å². The standard InChI is InChI=1S/C22H21N3O3S/c1-14-6-8-16(9-7-14)25-20(27)22(19(26)23-21(25)28)12-15-4-2-3-5-17(15)24-10-11-29-13-18(22)24/h2-9,18H,10-13H2,1H3,(H,23,26,28). The SMILES string of the molecule is Cc1ccc(N2C(=O)NC(=O)C3(Cc4ccccc4N4CCSCC43)C2=O)cc1. The molecule has 0 radical (unpaired) electrons. The van der Waals surface area contributed by atoms with Crippen LogP contribution in [0.4, 0.5) is 16.2 Å². The molecule has 3 aliphatic heterocycles. The molecular formula is C22H21N3O3S. The number of aryl methyl sites for hydroxylation is 1. The number of para-hydroxylation sites is 1. The molecule has 2 aromatic rings. The molecule has 6 nitrogen and oxygen atoms in total. The molecule has 148 valence electrons. The van der Waals surface area contributed by atoms with E-state index in [1.54, 1.807) is 23.9 Å². The van der Waals surface area contributed by atoms with Gasteiger partial charge in [0.1, 0.15) is 0 Å². The monoisotopic (exact) mass is 407 g/mol. The lowest BCUT2D eigenvalue weighted by Gasteiger charge is -2.53. The van der Waals surface area contributed by atoms with Crippen molar-refractivity contribution in [3.05, 3.63) is 59.7 Å². The molecule has 3 aliphatic rings. The first kappa shape index (κ1) is 18.2. The van der Waals surface area contributed by atoms with Gasteiger partial charge in [-0.2, -0.15) is 11.8 Å². The molecule has 1 spiro atoms. The number of nitrogens with zero attached hydrogens (tertiary/aromatic N) is 2. The third-order valence-electron chi connectivity index (χ3n) is 6.17. The summed E-state index contributed by atoms with van der Waals surface area (Å²) in [6.07, 6.45) is 0.297. The minimum absolute atomic E-state index is 0.287. The van der Waals surface area contributed by atoms with Gasteiger partial charge in [-0.1, -0.05) is 35.9 Å². The Balaban J connectivity index is 1.66. The van der Waals surface area contributed by atoms with Gasteiger partial charge in [0.25, 0.3) is 5.91 Å². The largest absolute Gasteiger partial charge is 0.365 e. The van der Waals surface area contributed by atoms with Crippen molar-refractivity contribution in [1.29, 1.82) is 0 Å². The van der Waals surface area contributed by atoms with Gasteiger partial charge in [0, 0.05) is 23.7 Å². The van der Waals surface area contributed by atoms with Gasteiger partial charge in [-0.25, -0.2) is 9.69 Å². The second-order valence-electron chi connectivity index (χ2n) is 7.80. The van der Waals surface area contributed by atoms with E-state index in [4.69, 9.17) is 0 Å². The van der Waals surface area contributed by atoms with Crippen molar-refractivity contribution in [2.45, 2.75) is 19.4 Å². The zero-order valence-electron chi connectivity index (χ0n) is 16.1. The van der Waals surface area contributed by atoms with Crippen molar-refractivity contribution in [2.75, 3.05) is 27.9 Å². The van der Waals surface area contributed by atoms with E-state index in [1.165, 1.54) is 0 Å². The molecule has 4 amide bonds. The number of anilines is 2. The fourth-order valence-electron chi connectivity index (χ4n) is 4.69. The third kappa shape index (κ3) is 2.60. The number of imide groups is 2. The van der Waals surface area contributed by atoms with Crippen LogP contribution in [-0.2, 0) is 16.0 Å². The number of carbonyl (C=O) groups excluding carboxylic acids is 3. The lowest BCUT2D eigenvalue weighted by Crippen LogP contribution is -2.73. The summed E-state index contributed by atoms with van der Waals surface area (Å²) >= 11 is 1.75. The Hall–Kier alpha value is -2.80. The van der Waals surface area contributed by atoms with E-state index < -0.39 is 23.3 Å². The summed E-state index contributed by atoms with van der Waals surface area (Å²) in [5, 5.41) is 2.49. The predicted molar refractivity (Wildman–Crippen MR) is 113 cm³/mol. The number of rotatable bonds is 1. The van der Waals surface area contributed by atoms with Crippen LogP contribution in [0.2, 0.25) is 0 Å². The number of carbonyl (C=O) groups is 3. The molecule has 3 heterocycles. The zero-order valence-corrected chi connectivity index (χ0v) is 16.9. The maximum absolute atomic E-state index is 13.9. The highest BCUT2D eigenvalue weighted by Crippen LogP contribution is 2.47. The highest BCUT2D eigenvalue weighted by Gasteiger charge is 2.62. The van der Waals surface area contributed by atoms with E-state index in [-0.39, 0.29) is 6.04 Å². The van der Waals surface area contributed by atoms with Gasteiger partial charge in [0.05, 0.1) is 11.7 Å². The number of amides is 4. The summed E-state index contributed by atoms with van der Waals surface area (Å²) in [6, 6.07) is 14.2. The number of thioether (sulfide) groups is 1. The molecule has 0 bridgehead atoms. The quantitative estimate of drug-likeness (QED) is 0.736. The minimum atomic E-state index is -1.32. The third-order valence-corrected chi connectivity index (χ3v) is 7.20. The van der Waals surface area contributed by atoms with Crippen LogP contribution < -0.4 is 15.1 Å². The molecule has 1 N–H and O–H groups in total. The Kier molecular flexibility index (Phi) is 4.17. The van der Waals surface area contributed by atoms with E-state index >= 15 is 0 Å². The maximum atomic E-state index is 13.9. The van der Waals surface area contributed by atoms with Gasteiger partial charge in [0.15, 0.2) is 5.41 Å². The van der Waals surface area contributed by atoms with E-state index in [1.807, 2.05) is 37.3 Å². The van der Waals surface area contributed by atoms with Gasteiger partial charge in [0.2, 0.25) is 5.91 Å². The smallest absolute Gasteiger partial charge is 0.335 e. The summed E-state index contributed by atoms with van der Waals surface area (Å²) in [7, 11) is 0. The van der Waals surface area contributed by atoms with Crippen molar-refractivity contribution in [1.82, 2.24) is 5.32 Å². The van der Waals surface area contributed by atoms with Crippen LogP contribution in [0.3, 0.4) is 0 Å². The molecule has 0 saturated carbocycles. The normalized spacial score (nSPS) is 26.2. The Morgan fingerprint density at radius 2 is 1.83 bits per heavy atom. The summed E-state index contributed by atoms with van der Waals surface area (Å²) in [5.74, 6) is 0.700. The van der Waals surface area contributed by atoms with Crippen LogP contribution in [0.1, 0.15) is 11.1 Å². The molecule has 2 atom stereocenters. The number of barbiturate groups is 1. The van der Waals surface area contributed by atoms with Crippen LogP contribution in [0, 0.1) is 12.3 Å². The predicted octanol–water partition coefficient (Wildman–Crippen LogP) is 2.74. The fraction of sp³-hybridized carbons (Fsp3) is 0.318. The average Bonchev–Trinajstić information content (AvgIpc) is 2.73. The average molecular weight is 407 g/mol. The van der Waals surface area contributed by atoms with Crippen LogP contribution in [0.5, 0.6) is 0 Å². The number of fused-ring (bicyclic) bond motifs is 4. The summed E-state index contributed by atoms with van der Waals surface area (Å²) in [4.78, 5) is 43.2. The molecule has 2 fully saturated rings. The summed E-state index contributed by atoms with van der Waals surface area (Å²) < 4.78 is 0. The number of benzene rings is 2. The number of hydrogen-bond donors (Lipinski definition) is 1. The topological polar surface area (TPSA) is 69.7 Å². The van der Waals surface area contributed by atoms with Gasteiger partial charge in [-0.05, 0) is 37.1 Å². The lowest BCUT2D eigenvalue weighted by atomic mass is 9.69. The van der Waals surface area contributed by atoms with Crippen LogP contribution in [-0.4, -0.2) is 41.9 Å². The van der Waals surface area contributed by atoms with Gasteiger partial charge >= 0.3 is 6.03 Å². The molecule has 7 heteroatoms. The first-order chi connectivity index (χ1) is 14.0. The zero-order chi connectivity index (χ0) is 20.2. The molecule has 5 rings (SSSR count). The second-order valence-corrected chi connectivity index (χ2v) is 8.95. The van der Waals surface area contributed by atoms with Crippen molar-refractivity contribution < 1.29 is 14.4 Å². The Morgan fingerprint density at radius 3 is 2.62 bits per heavy atom. The van der Waals surface area contributed by atoms with E-state index in [0.717, 1.165) is 34.0 Å². The summed E-state index contributed by atoms with van der Waals surface area (Å²) in [5.41, 5.74) is 2.26. The first-order valence-corrected chi connectivity index (χ1v) is 10.9. The highest BCUT2D eigenvalue weighted by molar-refractivity contribution is 7.99. The number of urea groups is 1.